The molecule has 6 heteroatoms. The summed E-state index contributed by atoms with van der Waals surface area (Å²) in [5, 5.41) is 3.66. The molecule has 2 rings (SSSR count). The van der Waals surface area contributed by atoms with Crippen LogP contribution in [0.3, 0.4) is 0 Å². The largest absolute Gasteiger partial charge is 0.382 e. The second kappa shape index (κ2) is 9.75. The number of ether oxygens (including phenoxy) is 2. The lowest BCUT2D eigenvalue weighted by molar-refractivity contribution is 0.0381. The molecule has 1 aromatic rings. The number of nitrogens with one attached hydrogen (secondary N) is 1. The molecule has 0 radical (unpaired) electrons. The summed E-state index contributed by atoms with van der Waals surface area (Å²) < 4.78 is 10.5. The van der Waals surface area contributed by atoms with Gasteiger partial charge in [0.05, 0.1) is 13.2 Å². The molecule has 1 aliphatic heterocycles. The number of piperidine rings is 1. The SMILES string of the molecule is COCCOCC1CCN(C(=O)NCc2ccc(Cl)cc2)CC1. The first-order chi connectivity index (χ1) is 11.2. The lowest BCUT2D eigenvalue weighted by Crippen LogP contribution is -2.44. The fourth-order valence-corrected chi connectivity index (χ4v) is 2.71. The Balaban J connectivity index is 1.64. The van der Waals surface area contributed by atoms with Gasteiger partial charge in [-0.3, -0.25) is 0 Å². The topological polar surface area (TPSA) is 50.8 Å². The molecule has 1 fully saturated rings. The van der Waals surface area contributed by atoms with Gasteiger partial charge >= 0.3 is 6.03 Å². The van der Waals surface area contributed by atoms with Gasteiger partial charge in [0.15, 0.2) is 0 Å². The summed E-state index contributed by atoms with van der Waals surface area (Å²) >= 11 is 5.85. The molecule has 0 bridgehead atoms. The molecule has 0 saturated carbocycles. The molecule has 5 nitrogen and oxygen atoms in total. The molecule has 1 N–H and O–H groups in total. The lowest BCUT2D eigenvalue weighted by Gasteiger charge is -2.31. The van der Waals surface area contributed by atoms with Crippen LogP contribution in [-0.4, -0.2) is 51.0 Å². The number of hydrogen-bond donors (Lipinski definition) is 1. The fraction of sp³-hybridized carbons (Fsp3) is 0.588. The van der Waals surface area contributed by atoms with Crippen LogP contribution in [0.2, 0.25) is 5.02 Å². The number of rotatable bonds is 7. The molecule has 0 spiro atoms. The second-order valence-electron chi connectivity index (χ2n) is 5.78. The van der Waals surface area contributed by atoms with Crippen molar-refractivity contribution in [2.45, 2.75) is 19.4 Å². The number of carbonyl (C=O) groups is 1. The minimum Gasteiger partial charge on any atom is -0.382 e. The van der Waals surface area contributed by atoms with E-state index in [2.05, 4.69) is 5.32 Å². The van der Waals surface area contributed by atoms with Crippen molar-refractivity contribution in [1.29, 1.82) is 0 Å². The number of amides is 2. The quantitative estimate of drug-likeness (QED) is 0.776. The van der Waals surface area contributed by atoms with Crippen LogP contribution in [0.1, 0.15) is 18.4 Å². The van der Waals surface area contributed by atoms with E-state index in [1.54, 1.807) is 7.11 Å². The highest BCUT2D eigenvalue weighted by atomic mass is 35.5. The first-order valence-corrected chi connectivity index (χ1v) is 8.40. The number of methoxy groups -OCH3 is 1. The summed E-state index contributed by atoms with van der Waals surface area (Å²) in [5.41, 5.74) is 1.05. The van der Waals surface area contributed by atoms with Crippen molar-refractivity contribution in [1.82, 2.24) is 10.2 Å². The number of halogens is 1. The van der Waals surface area contributed by atoms with Crippen molar-refractivity contribution in [3.05, 3.63) is 34.9 Å². The van der Waals surface area contributed by atoms with Crippen molar-refractivity contribution in [2.24, 2.45) is 5.92 Å². The van der Waals surface area contributed by atoms with Crippen LogP contribution < -0.4 is 5.32 Å². The van der Waals surface area contributed by atoms with E-state index in [0.717, 1.165) is 38.1 Å². The van der Waals surface area contributed by atoms with Gasteiger partial charge in [-0.05, 0) is 36.5 Å². The van der Waals surface area contributed by atoms with Crippen molar-refractivity contribution in [3.8, 4) is 0 Å². The van der Waals surface area contributed by atoms with Crippen LogP contribution in [0.15, 0.2) is 24.3 Å². The van der Waals surface area contributed by atoms with Crippen molar-refractivity contribution in [2.75, 3.05) is 40.0 Å². The van der Waals surface area contributed by atoms with Gasteiger partial charge < -0.3 is 19.7 Å². The minimum atomic E-state index is -0.00120. The highest BCUT2D eigenvalue weighted by molar-refractivity contribution is 6.30. The number of likely N-dealkylation sites (tertiary alicyclic amines) is 1. The van der Waals surface area contributed by atoms with Crippen LogP contribution in [-0.2, 0) is 16.0 Å². The van der Waals surface area contributed by atoms with Gasteiger partial charge in [-0.1, -0.05) is 23.7 Å². The number of benzene rings is 1. The first kappa shape index (κ1) is 18.0. The molecule has 0 atom stereocenters. The third-order valence-corrected chi connectivity index (χ3v) is 4.30. The molecular weight excluding hydrogens is 316 g/mol. The zero-order valence-corrected chi connectivity index (χ0v) is 14.3. The van der Waals surface area contributed by atoms with Gasteiger partial charge in [0.25, 0.3) is 0 Å². The maximum Gasteiger partial charge on any atom is 0.317 e. The van der Waals surface area contributed by atoms with Crippen LogP contribution in [0.4, 0.5) is 4.79 Å². The Kier molecular flexibility index (Phi) is 7.65. The molecular formula is C17H25ClN2O3. The van der Waals surface area contributed by atoms with Gasteiger partial charge in [0, 0.05) is 38.4 Å². The van der Waals surface area contributed by atoms with E-state index in [-0.39, 0.29) is 6.03 Å². The molecule has 0 aromatic heterocycles. The average Bonchev–Trinajstić information content (AvgIpc) is 2.58. The van der Waals surface area contributed by atoms with Gasteiger partial charge in [-0.2, -0.15) is 0 Å². The summed E-state index contributed by atoms with van der Waals surface area (Å²) in [6.07, 6.45) is 1.97. The normalized spacial score (nSPS) is 15.7. The summed E-state index contributed by atoms with van der Waals surface area (Å²) in [6, 6.07) is 7.51. The highest BCUT2D eigenvalue weighted by Crippen LogP contribution is 2.17. The van der Waals surface area contributed by atoms with E-state index < -0.39 is 0 Å². The Labute approximate surface area is 142 Å². The van der Waals surface area contributed by atoms with Crippen molar-refractivity contribution in [3.63, 3.8) is 0 Å². The molecule has 23 heavy (non-hydrogen) atoms. The second-order valence-corrected chi connectivity index (χ2v) is 6.22. The van der Waals surface area contributed by atoms with Gasteiger partial charge in [-0.15, -0.1) is 0 Å². The standard InChI is InChI=1S/C17H25ClN2O3/c1-22-10-11-23-13-15-6-8-20(9-7-15)17(21)19-12-14-2-4-16(18)5-3-14/h2-5,15H,6-13H2,1H3,(H,19,21). The fourth-order valence-electron chi connectivity index (χ4n) is 2.59. The molecule has 0 unspecified atom stereocenters. The van der Waals surface area contributed by atoms with Gasteiger partial charge in [0.1, 0.15) is 0 Å². The Hall–Kier alpha value is -1.30. The predicted octanol–water partition coefficient (Wildman–Crippen LogP) is 2.92. The third kappa shape index (κ3) is 6.37. The minimum absolute atomic E-state index is 0.00120. The van der Waals surface area contributed by atoms with Crippen molar-refractivity contribution < 1.29 is 14.3 Å². The lowest BCUT2D eigenvalue weighted by atomic mass is 9.98. The van der Waals surface area contributed by atoms with E-state index in [0.29, 0.717) is 30.7 Å². The van der Waals surface area contributed by atoms with E-state index in [4.69, 9.17) is 21.1 Å². The van der Waals surface area contributed by atoms with E-state index in [1.807, 2.05) is 29.2 Å². The predicted molar refractivity (Wildman–Crippen MR) is 90.7 cm³/mol. The Morgan fingerprint density at radius 1 is 1.26 bits per heavy atom. The van der Waals surface area contributed by atoms with Gasteiger partial charge in [-0.25, -0.2) is 4.79 Å². The molecule has 1 aliphatic rings. The average molecular weight is 341 g/mol. The summed E-state index contributed by atoms with van der Waals surface area (Å²) in [4.78, 5) is 14.1. The summed E-state index contributed by atoms with van der Waals surface area (Å²) in [6.45, 7) is 4.11. The van der Waals surface area contributed by atoms with Crippen LogP contribution in [0, 0.1) is 5.92 Å². The maximum atomic E-state index is 12.2. The van der Waals surface area contributed by atoms with Crippen LogP contribution in [0.25, 0.3) is 0 Å². The molecule has 128 valence electrons. The number of urea groups is 1. The smallest absolute Gasteiger partial charge is 0.317 e. The number of nitrogens with zero attached hydrogens (tertiary/aromatic N) is 1. The van der Waals surface area contributed by atoms with Crippen LogP contribution in [0.5, 0.6) is 0 Å². The Morgan fingerprint density at radius 2 is 1.96 bits per heavy atom. The molecule has 1 aromatic carbocycles. The maximum absolute atomic E-state index is 12.2. The Bertz CT molecular complexity index is 473. The van der Waals surface area contributed by atoms with E-state index in [1.165, 1.54) is 0 Å². The van der Waals surface area contributed by atoms with Crippen molar-refractivity contribution >= 4 is 17.6 Å². The molecule has 1 saturated heterocycles. The third-order valence-electron chi connectivity index (χ3n) is 4.04. The Morgan fingerprint density at radius 3 is 2.61 bits per heavy atom. The molecule has 1 heterocycles. The zero-order chi connectivity index (χ0) is 16.5. The molecule has 2 amide bonds. The van der Waals surface area contributed by atoms with Gasteiger partial charge in [0.2, 0.25) is 0 Å². The summed E-state index contributed by atoms with van der Waals surface area (Å²) in [5.74, 6) is 0.534. The number of hydrogen-bond acceptors (Lipinski definition) is 3. The zero-order valence-electron chi connectivity index (χ0n) is 13.6. The van der Waals surface area contributed by atoms with Crippen LogP contribution >= 0.6 is 11.6 Å². The first-order valence-electron chi connectivity index (χ1n) is 8.03. The number of carbonyl (C=O) groups excluding carboxylic acids is 1. The van der Waals surface area contributed by atoms with E-state index >= 15 is 0 Å². The monoisotopic (exact) mass is 340 g/mol. The van der Waals surface area contributed by atoms with E-state index in [9.17, 15) is 4.79 Å². The molecule has 0 aliphatic carbocycles. The highest BCUT2D eigenvalue weighted by Gasteiger charge is 2.22. The summed E-state index contributed by atoms with van der Waals surface area (Å²) in [7, 11) is 1.67.